The summed E-state index contributed by atoms with van der Waals surface area (Å²) in [6.07, 6.45) is 2.54. The molecule has 0 radical (unpaired) electrons. The lowest BCUT2D eigenvalue weighted by atomic mass is 9.88. The summed E-state index contributed by atoms with van der Waals surface area (Å²) in [4.78, 5) is 53.0. The number of amides is 4. The number of methoxy groups -OCH3 is 1. The number of thiophene rings is 1. The molecule has 2 heterocycles. The van der Waals surface area contributed by atoms with E-state index in [9.17, 15) is 19.2 Å². The Morgan fingerprint density at radius 2 is 1.97 bits per heavy atom. The van der Waals surface area contributed by atoms with Crippen LogP contribution in [0.15, 0.2) is 24.3 Å². The third-order valence-electron chi connectivity index (χ3n) is 6.36. The molecule has 2 aliphatic rings. The monoisotopic (exact) mass is 469 g/mol. The highest BCUT2D eigenvalue weighted by molar-refractivity contribution is 7.17. The van der Waals surface area contributed by atoms with Crippen LogP contribution in [0.3, 0.4) is 0 Å². The van der Waals surface area contributed by atoms with Gasteiger partial charge in [-0.1, -0.05) is 36.8 Å². The van der Waals surface area contributed by atoms with Crippen LogP contribution in [0.1, 0.15) is 52.2 Å². The first-order valence-corrected chi connectivity index (χ1v) is 11.7. The molecule has 1 aliphatic carbocycles. The first-order valence-electron chi connectivity index (χ1n) is 10.9. The fourth-order valence-corrected chi connectivity index (χ4v) is 5.80. The van der Waals surface area contributed by atoms with Crippen LogP contribution >= 0.6 is 11.3 Å². The number of carbonyl (C=O) groups is 4. The summed E-state index contributed by atoms with van der Waals surface area (Å²) >= 11 is 1.36. The number of aryl methyl sites for hydroxylation is 1. The molecule has 2 aromatic rings. The third-order valence-corrected chi connectivity index (χ3v) is 7.53. The lowest BCUT2D eigenvalue weighted by Gasteiger charge is -2.22. The zero-order valence-corrected chi connectivity index (χ0v) is 19.9. The zero-order valence-electron chi connectivity index (χ0n) is 19.1. The first-order chi connectivity index (χ1) is 15.6. The maximum Gasteiger partial charge on any atom is 0.341 e. The lowest BCUT2D eigenvalue weighted by molar-refractivity contribution is -0.133. The van der Waals surface area contributed by atoms with Crippen molar-refractivity contribution in [3.8, 4) is 0 Å². The number of hydrogen-bond donors (Lipinski definition) is 2. The van der Waals surface area contributed by atoms with Crippen LogP contribution in [0.5, 0.6) is 0 Å². The highest BCUT2D eigenvalue weighted by atomic mass is 32.1. The molecule has 33 heavy (non-hydrogen) atoms. The minimum Gasteiger partial charge on any atom is -0.465 e. The van der Waals surface area contributed by atoms with Gasteiger partial charge in [0.1, 0.15) is 17.1 Å². The molecule has 1 saturated heterocycles. The second-order valence-electron chi connectivity index (χ2n) is 8.91. The predicted octanol–water partition coefficient (Wildman–Crippen LogP) is 3.37. The molecule has 0 unspecified atom stereocenters. The number of carbonyl (C=O) groups excluding carboxylic acids is 4. The Hall–Kier alpha value is -3.20. The van der Waals surface area contributed by atoms with Gasteiger partial charge in [-0.3, -0.25) is 14.5 Å². The summed E-state index contributed by atoms with van der Waals surface area (Å²) in [6, 6.07) is 6.67. The number of benzene rings is 1. The van der Waals surface area contributed by atoms with Crippen LogP contribution in [0.4, 0.5) is 9.80 Å². The van der Waals surface area contributed by atoms with E-state index in [2.05, 4.69) is 17.6 Å². The van der Waals surface area contributed by atoms with Crippen molar-refractivity contribution < 1.29 is 23.9 Å². The van der Waals surface area contributed by atoms with Crippen LogP contribution in [-0.2, 0) is 32.7 Å². The molecule has 0 saturated carbocycles. The Labute approximate surface area is 196 Å². The van der Waals surface area contributed by atoms with E-state index in [1.54, 1.807) is 19.1 Å². The SMILES string of the molecule is COC(=O)c1c(NC(=O)CN2C(=O)N[C@](C)(c3ccc(C)cc3)C2=O)sc2c1CC[C@H](C)C2. The van der Waals surface area contributed by atoms with Gasteiger partial charge in [0.2, 0.25) is 5.91 Å². The van der Waals surface area contributed by atoms with Gasteiger partial charge in [0.05, 0.1) is 12.7 Å². The lowest BCUT2D eigenvalue weighted by Crippen LogP contribution is -2.42. The number of fused-ring (bicyclic) bond motifs is 1. The number of nitrogens with one attached hydrogen (secondary N) is 2. The molecule has 4 amide bonds. The van der Waals surface area contributed by atoms with Crippen molar-refractivity contribution in [2.24, 2.45) is 5.92 Å². The summed E-state index contributed by atoms with van der Waals surface area (Å²) in [6.45, 7) is 5.26. The molecule has 9 heteroatoms. The van der Waals surface area contributed by atoms with Gasteiger partial charge >= 0.3 is 12.0 Å². The second-order valence-corrected chi connectivity index (χ2v) is 10.0. The zero-order chi connectivity index (χ0) is 23.9. The van der Waals surface area contributed by atoms with Crippen LogP contribution < -0.4 is 10.6 Å². The molecule has 1 aromatic carbocycles. The fraction of sp³-hybridized carbons (Fsp3) is 0.417. The standard InChI is InChI=1S/C24H27N3O5S/c1-13-5-8-15(9-6-13)24(3)22(30)27(23(31)26-24)12-18(28)25-20-19(21(29)32-4)16-10-7-14(2)11-17(16)33-20/h5-6,8-9,14H,7,10-12H2,1-4H3,(H,25,28)(H,26,31)/t14-,24+/m0/s1. The molecule has 8 nitrogen and oxygen atoms in total. The van der Waals surface area contributed by atoms with Gasteiger partial charge in [-0.2, -0.15) is 0 Å². The van der Waals surface area contributed by atoms with Crippen molar-refractivity contribution in [1.29, 1.82) is 0 Å². The number of nitrogens with zero attached hydrogens (tertiary/aromatic N) is 1. The van der Waals surface area contributed by atoms with Gasteiger partial charge in [-0.15, -0.1) is 11.3 Å². The Kier molecular flexibility index (Phi) is 6.00. The van der Waals surface area contributed by atoms with E-state index in [1.807, 2.05) is 19.1 Å². The largest absolute Gasteiger partial charge is 0.465 e. The van der Waals surface area contributed by atoms with Gasteiger partial charge < -0.3 is 15.4 Å². The summed E-state index contributed by atoms with van der Waals surface area (Å²) in [5, 5.41) is 5.85. The Morgan fingerprint density at radius 1 is 1.27 bits per heavy atom. The number of esters is 1. The Bertz CT molecular complexity index is 1140. The third kappa shape index (κ3) is 4.13. The first kappa shape index (κ1) is 23.0. The Balaban J connectivity index is 1.54. The fourth-order valence-electron chi connectivity index (χ4n) is 4.39. The van der Waals surface area contributed by atoms with Gasteiger partial charge in [-0.25, -0.2) is 9.59 Å². The van der Waals surface area contributed by atoms with Crippen molar-refractivity contribution >= 4 is 40.2 Å². The topological polar surface area (TPSA) is 105 Å². The average Bonchev–Trinajstić information content (AvgIpc) is 3.22. The van der Waals surface area contributed by atoms with E-state index in [4.69, 9.17) is 4.74 Å². The van der Waals surface area contributed by atoms with Crippen molar-refractivity contribution in [3.63, 3.8) is 0 Å². The van der Waals surface area contributed by atoms with Crippen molar-refractivity contribution in [2.75, 3.05) is 19.0 Å². The molecule has 1 aliphatic heterocycles. The van der Waals surface area contributed by atoms with E-state index >= 15 is 0 Å². The molecule has 1 aromatic heterocycles. The number of urea groups is 1. The molecule has 174 valence electrons. The Morgan fingerprint density at radius 3 is 2.64 bits per heavy atom. The van der Waals surface area contributed by atoms with Crippen LogP contribution in [0.2, 0.25) is 0 Å². The highest BCUT2D eigenvalue weighted by Gasteiger charge is 2.49. The van der Waals surface area contributed by atoms with Crippen LogP contribution in [0.25, 0.3) is 0 Å². The quantitative estimate of drug-likeness (QED) is 0.516. The number of rotatable bonds is 5. The minimum atomic E-state index is -1.25. The number of imide groups is 1. The van der Waals surface area contributed by atoms with Crippen molar-refractivity contribution in [2.45, 2.75) is 45.6 Å². The number of ether oxygens (including phenoxy) is 1. The summed E-state index contributed by atoms with van der Waals surface area (Å²) < 4.78 is 4.95. The molecule has 4 rings (SSSR count). The predicted molar refractivity (Wildman–Crippen MR) is 124 cm³/mol. The molecule has 1 fully saturated rings. The molecule has 0 bridgehead atoms. The molecule has 2 N–H and O–H groups in total. The van der Waals surface area contributed by atoms with Crippen molar-refractivity contribution in [1.82, 2.24) is 10.2 Å². The van der Waals surface area contributed by atoms with Crippen LogP contribution in [0, 0.1) is 12.8 Å². The van der Waals surface area contributed by atoms with Gasteiger partial charge in [-0.05, 0) is 50.2 Å². The summed E-state index contributed by atoms with van der Waals surface area (Å²) in [7, 11) is 1.31. The van der Waals surface area contributed by atoms with E-state index in [0.29, 0.717) is 22.0 Å². The molecular weight excluding hydrogens is 442 g/mol. The van der Waals surface area contributed by atoms with Gasteiger partial charge in [0.15, 0.2) is 0 Å². The van der Waals surface area contributed by atoms with E-state index < -0.39 is 35.9 Å². The molecule has 0 spiro atoms. The number of anilines is 1. The second kappa shape index (κ2) is 8.62. The van der Waals surface area contributed by atoms with Gasteiger partial charge in [0.25, 0.3) is 5.91 Å². The number of hydrogen-bond acceptors (Lipinski definition) is 6. The highest BCUT2D eigenvalue weighted by Crippen LogP contribution is 2.40. The van der Waals surface area contributed by atoms with E-state index in [0.717, 1.165) is 40.2 Å². The van der Waals surface area contributed by atoms with E-state index in [-0.39, 0.29) is 0 Å². The van der Waals surface area contributed by atoms with E-state index in [1.165, 1.54) is 18.4 Å². The minimum absolute atomic E-state index is 0.374. The van der Waals surface area contributed by atoms with Crippen molar-refractivity contribution in [3.05, 3.63) is 51.4 Å². The summed E-state index contributed by atoms with van der Waals surface area (Å²) in [5.74, 6) is -1.06. The average molecular weight is 470 g/mol. The maximum atomic E-state index is 13.1. The smallest absolute Gasteiger partial charge is 0.341 e. The summed E-state index contributed by atoms with van der Waals surface area (Å²) in [5.41, 5.74) is 1.72. The molecular formula is C24H27N3O5S. The maximum absolute atomic E-state index is 13.1. The normalized spacial score (nSPS) is 22.1. The van der Waals surface area contributed by atoms with Gasteiger partial charge in [0, 0.05) is 4.88 Å². The van der Waals surface area contributed by atoms with Crippen LogP contribution in [-0.4, -0.2) is 42.4 Å². The molecule has 2 atom stereocenters.